The molecule has 6 heteroatoms. The summed E-state index contributed by atoms with van der Waals surface area (Å²) in [5, 5.41) is -0.126. The van der Waals surface area contributed by atoms with E-state index in [9.17, 15) is 9.59 Å². The lowest BCUT2D eigenvalue weighted by Crippen LogP contribution is -2.25. The smallest absolute Gasteiger partial charge is 0.244 e. The van der Waals surface area contributed by atoms with Crippen LogP contribution in [0.3, 0.4) is 0 Å². The molecule has 1 aromatic carbocycles. The first kappa shape index (κ1) is 14.7. The number of likely N-dealkylation sites (N-methyl/N-ethyl adjacent to an activating group) is 1. The summed E-state index contributed by atoms with van der Waals surface area (Å²) >= 11 is 6.35. The number of rotatable bonds is 3. The number of amides is 1. The fourth-order valence-electron chi connectivity index (χ4n) is 1.79. The molecule has 0 unspecified atom stereocenters. The molecule has 0 aliphatic carbocycles. The van der Waals surface area contributed by atoms with Crippen molar-refractivity contribution in [2.75, 3.05) is 11.4 Å². The van der Waals surface area contributed by atoms with Gasteiger partial charge in [-0.15, -0.1) is 0 Å². The van der Waals surface area contributed by atoms with E-state index in [2.05, 4.69) is 0 Å². The monoisotopic (exact) mass is 306 g/mol. The van der Waals surface area contributed by atoms with Crippen LogP contribution in [0.15, 0.2) is 42.1 Å². The molecule has 1 fully saturated rings. The molecule has 20 heavy (non-hydrogen) atoms. The van der Waals surface area contributed by atoms with E-state index in [0.717, 1.165) is 11.9 Å². The first-order chi connectivity index (χ1) is 9.54. The van der Waals surface area contributed by atoms with Gasteiger partial charge in [-0.05, 0) is 19.1 Å². The molecule has 1 aliphatic heterocycles. The Hall–Kier alpha value is -1.66. The third-order valence-corrected chi connectivity index (χ3v) is 4.39. The number of anilines is 1. The van der Waals surface area contributed by atoms with Gasteiger partial charge in [-0.25, -0.2) is 0 Å². The Labute approximate surface area is 127 Å². The molecule has 0 aromatic heterocycles. The van der Waals surface area contributed by atoms with Crippen LogP contribution in [0.2, 0.25) is 0 Å². The highest BCUT2D eigenvalue weighted by molar-refractivity contribution is 8.14. The average molecular weight is 306 g/mol. The van der Waals surface area contributed by atoms with Crippen molar-refractivity contribution in [1.82, 2.24) is 4.31 Å². The molecule has 0 radical (unpaired) electrons. The number of benzene rings is 1. The topological polar surface area (TPSA) is 40.6 Å². The first-order valence-electron chi connectivity index (χ1n) is 6.15. The Morgan fingerprint density at radius 2 is 2.05 bits per heavy atom. The second-order valence-corrected chi connectivity index (χ2v) is 5.53. The van der Waals surface area contributed by atoms with E-state index < -0.39 is 0 Å². The van der Waals surface area contributed by atoms with Crippen LogP contribution >= 0.6 is 24.2 Å². The van der Waals surface area contributed by atoms with Crippen LogP contribution in [0.4, 0.5) is 5.69 Å². The van der Waals surface area contributed by atoms with Gasteiger partial charge in [0.25, 0.3) is 0 Å². The zero-order valence-corrected chi connectivity index (χ0v) is 12.8. The van der Waals surface area contributed by atoms with Crippen LogP contribution in [-0.2, 0) is 9.59 Å². The third kappa shape index (κ3) is 2.91. The fraction of sp³-hybridized carbons (Fsp3) is 0.214. The minimum absolute atomic E-state index is 0.126. The second-order valence-electron chi connectivity index (χ2n) is 4.15. The third-order valence-electron chi connectivity index (χ3n) is 2.79. The van der Waals surface area contributed by atoms with Crippen molar-refractivity contribution in [1.29, 1.82) is 0 Å². The van der Waals surface area contributed by atoms with Gasteiger partial charge in [0.05, 0.1) is 5.57 Å². The molecule has 4 nitrogen and oxygen atoms in total. The summed E-state index contributed by atoms with van der Waals surface area (Å²) in [7, 11) is 0. The lowest BCUT2D eigenvalue weighted by atomic mass is 10.2. The molecule has 0 N–H and O–H groups in total. The van der Waals surface area contributed by atoms with E-state index >= 15 is 0 Å². The average Bonchev–Trinajstić information content (AvgIpc) is 2.71. The van der Waals surface area contributed by atoms with Crippen molar-refractivity contribution in [3.63, 3.8) is 0 Å². The number of hydrogen-bond donors (Lipinski definition) is 0. The van der Waals surface area contributed by atoms with Gasteiger partial charge < -0.3 is 0 Å². The number of carbonyl (C=O) groups excluding carboxylic acids is 2. The summed E-state index contributed by atoms with van der Waals surface area (Å²) in [6, 6.07) is 9.17. The van der Waals surface area contributed by atoms with Gasteiger partial charge in [-0.1, -0.05) is 30.4 Å². The molecule has 0 atom stereocenters. The Bertz CT molecular complexity index is 584. The molecule has 1 aromatic rings. The Morgan fingerprint density at radius 3 is 2.55 bits per heavy atom. The van der Waals surface area contributed by atoms with Gasteiger partial charge in [0.15, 0.2) is 0 Å². The first-order valence-corrected chi connectivity index (χ1v) is 7.33. The van der Waals surface area contributed by atoms with Crippen molar-refractivity contribution in [3.05, 3.63) is 42.1 Å². The maximum Gasteiger partial charge on any atom is 0.244 e. The summed E-state index contributed by atoms with van der Waals surface area (Å²) in [5.74, 6) is -0.167. The van der Waals surface area contributed by atoms with Gasteiger partial charge in [0, 0.05) is 37.3 Å². The van der Waals surface area contributed by atoms with Crippen LogP contribution in [0.25, 0.3) is 0 Å². The molecule has 0 saturated carbocycles. The highest BCUT2D eigenvalue weighted by Crippen LogP contribution is 2.30. The van der Waals surface area contributed by atoms with Gasteiger partial charge in [0.2, 0.25) is 11.0 Å². The maximum absolute atomic E-state index is 12.0. The molecule has 2 rings (SSSR count). The van der Waals surface area contributed by atoms with Gasteiger partial charge >= 0.3 is 0 Å². The van der Waals surface area contributed by atoms with E-state index in [0.29, 0.717) is 22.8 Å². The summed E-state index contributed by atoms with van der Waals surface area (Å²) in [5.41, 5.74) is 1.11. The quantitative estimate of drug-likeness (QED) is 0.488. The SMILES string of the molecule is CCN1SC(=O)C(=CN(C(C)=O)c2ccccc2)C1=S. The molecule has 104 valence electrons. The zero-order valence-electron chi connectivity index (χ0n) is 11.2. The van der Waals surface area contributed by atoms with Crippen molar-refractivity contribution >= 4 is 45.9 Å². The van der Waals surface area contributed by atoms with E-state index in [-0.39, 0.29) is 11.0 Å². The van der Waals surface area contributed by atoms with Crippen LogP contribution in [0.5, 0.6) is 0 Å². The predicted molar refractivity (Wildman–Crippen MR) is 85.3 cm³/mol. The molecular weight excluding hydrogens is 292 g/mol. The highest BCUT2D eigenvalue weighted by atomic mass is 32.2. The number of thiocarbonyl (C=S) groups is 1. The summed E-state index contributed by atoms with van der Waals surface area (Å²) in [6.45, 7) is 4.03. The molecule has 0 bridgehead atoms. The summed E-state index contributed by atoms with van der Waals surface area (Å²) < 4.78 is 1.74. The molecule has 0 spiro atoms. The van der Waals surface area contributed by atoms with E-state index in [4.69, 9.17) is 12.2 Å². The number of hydrogen-bond acceptors (Lipinski definition) is 4. The van der Waals surface area contributed by atoms with Crippen LogP contribution < -0.4 is 4.90 Å². The number of nitrogens with zero attached hydrogens (tertiary/aromatic N) is 2. The van der Waals surface area contributed by atoms with Crippen molar-refractivity contribution in [2.24, 2.45) is 0 Å². The largest absolute Gasteiger partial charge is 0.300 e. The summed E-state index contributed by atoms with van der Waals surface area (Å²) in [4.78, 5) is 25.7. The molecule has 1 aliphatic rings. The van der Waals surface area contributed by atoms with Crippen molar-refractivity contribution in [3.8, 4) is 0 Å². The van der Waals surface area contributed by atoms with E-state index in [1.54, 1.807) is 4.31 Å². The van der Waals surface area contributed by atoms with Gasteiger partial charge in [-0.3, -0.25) is 18.8 Å². The molecule has 1 saturated heterocycles. The minimum Gasteiger partial charge on any atom is -0.300 e. The van der Waals surface area contributed by atoms with Gasteiger partial charge in [-0.2, -0.15) is 0 Å². The van der Waals surface area contributed by atoms with E-state index in [1.807, 2.05) is 37.3 Å². The highest BCUT2D eigenvalue weighted by Gasteiger charge is 2.31. The summed E-state index contributed by atoms with van der Waals surface area (Å²) in [6.07, 6.45) is 1.53. The van der Waals surface area contributed by atoms with Crippen LogP contribution in [0, 0.1) is 0 Å². The molecule has 1 amide bonds. The second kappa shape index (κ2) is 6.19. The van der Waals surface area contributed by atoms with Crippen LogP contribution in [-0.4, -0.2) is 26.9 Å². The lowest BCUT2D eigenvalue weighted by molar-refractivity contribution is -0.116. The number of para-hydroxylation sites is 1. The Kier molecular flexibility index (Phi) is 4.57. The minimum atomic E-state index is -0.167. The normalized spacial score (nSPS) is 16.9. The lowest BCUT2D eigenvalue weighted by Gasteiger charge is -2.17. The molecule has 1 heterocycles. The zero-order chi connectivity index (χ0) is 14.7. The van der Waals surface area contributed by atoms with Gasteiger partial charge in [0.1, 0.15) is 4.99 Å². The Morgan fingerprint density at radius 1 is 1.40 bits per heavy atom. The van der Waals surface area contributed by atoms with Crippen LogP contribution in [0.1, 0.15) is 13.8 Å². The number of carbonyl (C=O) groups is 2. The van der Waals surface area contributed by atoms with E-state index in [1.165, 1.54) is 18.0 Å². The molecular formula is C14H14N2O2S2. The van der Waals surface area contributed by atoms with Crippen molar-refractivity contribution in [2.45, 2.75) is 13.8 Å². The maximum atomic E-state index is 12.0. The van der Waals surface area contributed by atoms with Crippen molar-refractivity contribution < 1.29 is 9.59 Å². The predicted octanol–water partition coefficient (Wildman–Crippen LogP) is 2.76. The standard InChI is InChI=1S/C14H14N2O2S2/c1-3-16-13(19)12(14(18)20-16)9-15(10(2)17)11-7-5-4-6-8-11/h4-9H,3H2,1-2H3. The Balaban J connectivity index is 2.38. The fourth-order valence-corrected chi connectivity index (χ4v) is 3.00.